The van der Waals surface area contributed by atoms with Crippen molar-refractivity contribution in [2.24, 2.45) is 56.2 Å². The van der Waals surface area contributed by atoms with Crippen molar-refractivity contribution in [3.63, 3.8) is 0 Å². The highest BCUT2D eigenvalue weighted by molar-refractivity contribution is 5.98. The molecule has 1 saturated heterocycles. The average molecular weight is 1060 g/mol. The number of benzene rings is 2. The number of fused-ring (bicyclic) bond motifs is 1. The molecule has 3 aromatic rings. The Morgan fingerprint density at radius 3 is 2.09 bits per heavy atom. The highest BCUT2D eigenvalue weighted by Gasteiger charge is 2.35. The molecule has 1 aliphatic heterocycles. The van der Waals surface area contributed by atoms with Gasteiger partial charge < -0.3 is 76.0 Å². The predicted molar refractivity (Wildman–Crippen MR) is 284 cm³/mol. The number of primary amides is 1. The fourth-order valence-corrected chi connectivity index (χ4v) is 8.80. The summed E-state index contributed by atoms with van der Waals surface area (Å²) in [5.41, 5.74) is 36.0. The number of ether oxygens (including phenoxy) is 1. The van der Waals surface area contributed by atoms with E-state index in [1.165, 1.54) is 14.0 Å². The molecule has 7 atom stereocenters. The number of hydrogen-bond donors (Lipinski definition) is 13. The zero-order chi connectivity index (χ0) is 55.7. The number of nitrogens with two attached hydrogens (primary N) is 6. The Hall–Kier alpha value is -8.09. The second kappa shape index (κ2) is 30.9. The topological polar surface area (TPSA) is 432 Å². The molecule has 7 amide bonds. The number of aromatic nitrogens is 1. The Bertz CT molecular complexity index is 2540. The fraction of sp³-hybridized carbons (Fsp3) is 0.510. The largest absolute Gasteiger partial charge is 0.497 e. The summed E-state index contributed by atoms with van der Waals surface area (Å²) in [6.07, 6.45) is 0.981. The lowest BCUT2D eigenvalue weighted by Gasteiger charge is -2.27. The van der Waals surface area contributed by atoms with Crippen LogP contribution in [0.15, 0.2) is 64.7 Å². The number of carbonyl (C=O) groups is 9. The van der Waals surface area contributed by atoms with E-state index in [-0.39, 0.29) is 115 Å². The van der Waals surface area contributed by atoms with Gasteiger partial charge in [-0.15, -0.1) is 0 Å². The number of amides is 7. The monoisotopic (exact) mass is 1060 g/mol. The van der Waals surface area contributed by atoms with Crippen LogP contribution in [0.3, 0.4) is 0 Å². The number of nitrogens with one attached hydrogen (secondary N) is 7. The van der Waals surface area contributed by atoms with Crippen molar-refractivity contribution in [2.45, 2.75) is 121 Å². The first-order valence-corrected chi connectivity index (χ1v) is 25.4. The molecule has 0 bridgehead atoms. The van der Waals surface area contributed by atoms with Crippen LogP contribution in [0.2, 0.25) is 0 Å². The minimum Gasteiger partial charge on any atom is -0.497 e. The number of H-pyrrole nitrogens is 1. The number of para-hydroxylation sites is 1. The Balaban J connectivity index is 1.78. The maximum atomic E-state index is 14.8. The van der Waals surface area contributed by atoms with E-state index < -0.39 is 101 Å². The van der Waals surface area contributed by atoms with Gasteiger partial charge >= 0.3 is 0 Å². The lowest BCUT2D eigenvalue weighted by atomic mass is 9.83. The highest BCUT2D eigenvalue weighted by atomic mass is 16.5. The summed E-state index contributed by atoms with van der Waals surface area (Å²) in [6.45, 7) is 1.33. The molecule has 0 unspecified atom stereocenters. The van der Waals surface area contributed by atoms with Gasteiger partial charge in [-0.05, 0) is 100 Å². The third-order valence-electron chi connectivity index (χ3n) is 12.8. The van der Waals surface area contributed by atoms with Gasteiger partial charge in [0.15, 0.2) is 17.7 Å². The van der Waals surface area contributed by atoms with Gasteiger partial charge in [0.05, 0.1) is 13.2 Å². The number of aliphatic imine (C=N–C) groups is 2. The van der Waals surface area contributed by atoms with Crippen LogP contribution in [0.5, 0.6) is 5.75 Å². The van der Waals surface area contributed by atoms with Crippen molar-refractivity contribution >= 4 is 75.7 Å². The van der Waals surface area contributed by atoms with Gasteiger partial charge in [0.2, 0.25) is 41.4 Å². The molecule has 76 heavy (non-hydrogen) atoms. The molecule has 414 valence electrons. The first kappa shape index (κ1) is 60.5. The van der Waals surface area contributed by atoms with E-state index in [0.717, 1.165) is 16.5 Å². The van der Waals surface area contributed by atoms with Crippen LogP contribution < -0.4 is 71.0 Å². The third kappa shape index (κ3) is 20.3. The molecule has 25 heteroatoms. The van der Waals surface area contributed by atoms with Gasteiger partial charge in [0, 0.05) is 74.8 Å². The van der Waals surface area contributed by atoms with Crippen molar-refractivity contribution in [3.05, 3.63) is 65.9 Å². The van der Waals surface area contributed by atoms with Crippen molar-refractivity contribution in [1.82, 2.24) is 36.9 Å². The van der Waals surface area contributed by atoms with Gasteiger partial charge in [-0.25, -0.2) is 0 Å². The molecule has 1 fully saturated rings. The van der Waals surface area contributed by atoms with Gasteiger partial charge in [0.25, 0.3) is 0 Å². The molecular formula is C51H75N15O10. The molecule has 0 saturated carbocycles. The zero-order valence-corrected chi connectivity index (χ0v) is 43.2. The smallest absolute Gasteiger partial charge is 0.243 e. The van der Waals surface area contributed by atoms with Crippen LogP contribution in [-0.2, 0) is 56.0 Å². The second-order valence-electron chi connectivity index (χ2n) is 18.8. The Morgan fingerprint density at radius 2 is 1.43 bits per heavy atom. The summed E-state index contributed by atoms with van der Waals surface area (Å²) in [7, 11) is 1.49. The van der Waals surface area contributed by atoms with Gasteiger partial charge in [-0.2, -0.15) is 0 Å². The first-order valence-electron chi connectivity index (χ1n) is 25.4. The summed E-state index contributed by atoms with van der Waals surface area (Å²) in [5, 5.41) is 16.8. The lowest BCUT2D eigenvalue weighted by Crippen LogP contribution is -2.58. The summed E-state index contributed by atoms with van der Waals surface area (Å²) < 4.78 is 5.32. The number of nitrogens with zero attached hydrogens (tertiary/aromatic N) is 2. The van der Waals surface area contributed by atoms with Crippen LogP contribution in [-0.4, -0.2) is 133 Å². The maximum Gasteiger partial charge on any atom is 0.243 e. The second-order valence-corrected chi connectivity index (χ2v) is 18.8. The molecule has 19 N–H and O–H groups in total. The van der Waals surface area contributed by atoms with Gasteiger partial charge in [-0.1, -0.05) is 30.3 Å². The molecule has 0 radical (unpaired) electrons. The van der Waals surface area contributed by atoms with Crippen molar-refractivity contribution in [1.29, 1.82) is 0 Å². The van der Waals surface area contributed by atoms with E-state index in [2.05, 4.69) is 46.9 Å². The number of ketones is 2. The minimum absolute atomic E-state index is 0.00532. The van der Waals surface area contributed by atoms with Crippen LogP contribution in [0.25, 0.3) is 10.9 Å². The molecule has 25 nitrogen and oxygen atoms in total. The highest BCUT2D eigenvalue weighted by Crippen LogP contribution is 2.26. The quantitative estimate of drug-likeness (QED) is 0.0358. The van der Waals surface area contributed by atoms with Crippen LogP contribution in [0, 0.1) is 11.8 Å². The molecule has 1 aliphatic rings. The van der Waals surface area contributed by atoms with Crippen molar-refractivity contribution in [3.8, 4) is 5.75 Å². The summed E-state index contributed by atoms with van der Waals surface area (Å²) in [6, 6.07) is 7.62. The molecule has 0 aliphatic carbocycles. The summed E-state index contributed by atoms with van der Waals surface area (Å²) in [4.78, 5) is 136. The number of methoxy groups -OCH3 is 1. The lowest BCUT2D eigenvalue weighted by molar-refractivity contribution is -0.135. The fourth-order valence-electron chi connectivity index (χ4n) is 8.80. The van der Waals surface area contributed by atoms with E-state index in [0.29, 0.717) is 11.3 Å². The minimum atomic E-state index is -1.46. The van der Waals surface area contributed by atoms with E-state index in [9.17, 15) is 43.2 Å². The molecule has 0 spiro atoms. The zero-order valence-electron chi connectivity index (χ0n) is 43.2. The Kier molecular flexibility index (Phi) is 24.6. The molecule has 1 aromatic heterocycles. The van der Waals surface area contributed by atoms with Gasteiger partial charge in [-0.3, -0.25) is 53.1 Å². The number of aromatic amines is 1. The van der Waals surface area contributed by atoms with Gasteiger partial charge in [0.1, 0.15) is 35.7 Å². The predicted octanol–water partition coefficient (Wildman–Crippen LogP) is -1.81. The molecule has 2 aromatic carbocycles. The van der Waals surface area contributed by atoms with Crippen LogP contribution in [0.4, 0.5) is 0 Å². The number of hydrogen-bond acceptors (Lipinski definition) is 13. The molecular weight excluding hydrogens is 983 g/mol. The van der Waals surface area contributed by atoms with Crippen LogP contribution in [0.1, 0.15) is 88.7 Å². The van der Waals surface area contributed by atoms with Crippen molar-refractivity contribution in [2.75, 3.05) is 33.3 Å². The Morgan fingerprint density at radius 1 is 0.763 bits per heavy atom. The van der Waals surface area contributed by atoms with E-state index in [1.54, 1.807) is 30.5 Å². The van der Waals surface area contributed by atoms with E-state index >= 15 is 0 Å². The first-order chi connectivity index (χ1) is 36.3. The molecule has 4 rings (SSSR count). The maximum absolute atomic E-state index is 14.8. The summed E-state index contributed by atoms with van der Waals surface area (Å²) >= 11 is 0. The number of rotatable bonds is 19. The van der Waals surface area contributed by atoms with Crippen molar-refractivity contribution < 1.29 is 47.9 Å². The SMILES string of the molecule is COc1ccc(C[C@H]2NC(=O)[C@H](CCN)NC(=O)[C@@H](NC(=O)[C@H](CCCN=C(N)N)NC(C)=O)CCC(=O)NCCC[C@@H](C(N)=O)NC(=O)[C@H](Cc3c[nH]c4ccccc34)CC(=O)[C@H](CCCN=C(N)N)CC2=O)cc1. The molecule has 2 heterocycles. The Labute approximate surface area is 441 Å². The number of carbonyl (C=O) groups excluding carboxylic acids is 9. The average Bonchev–Trinajstić information content (AvgIpc) is 3.79. The number of guanidine groups is 2. The number of Topliss-reactive ketones (excluding diaryl/α,β-unsaturated/α-hetero) is 2. The van der Waals surface area contributed by atoms with E-state index in [4.69, 9.17) is 39.1 Å². The van der Waals surface area contributed by atoms with Crippen LogP contribution >= 0.6 is 0 Å². The standard InChI is InChI=1S/C51H75N15O10/c1-29(67)62-38(12-7-23-60-51(56)57)47(73)64-39-17-18-44(70)58-21-6-11-37(45(53)71)63-46(72)32(25-33-28-61-36-10-4-3-9-35(33)36)27-42(68)31(8-5-22-59-50(54)55)26-43(69)41(24-30-13-15-34(76-2)16-14-30)66-49(75)40(19-20-52)65-48(39)74/h3-4,9-10,13-16,28,31-32,37-41,61H,5-8,11-12,17-27,52H2,1-2H3,(H2,53,71)(H,58,70)(H,62,67)(H,63,72)(H,64,73)(H,65,74)(H,66,75)(H4,54,55,59)(H4,56,57,60)/t31-,32-,37+,38+,39+,40+,41-/m1/s1. The normalized spacial score (nSPS) is 21.1. The third-order valence-corrected chi connectivity index (χ3v) is 12.8. The van der Waals surface area contributed by atoms with E-state index in [1.807, 2.05) is 24.3 Å². The summed E-state index contributed by atoms with van der Waals surface area (Å²) in [5.74, 6) is -8.04.